The Balaban J connectivity index is 0.000000845. The van der Waals surface area contributed by atoms with Crippen LogP contribution < -0.4 is 0 Å². The van der Waals surface area contributed by atoms with Crippen molar-refractivity contribution < 1.29 is 0 Å². The minimum atomic E-state index is 0. The van der Waals surface area contributed by atoms with Crippen LogP contribution in [0.1, 0.15) is 11.1 Å². The standard InChI is InChI=1S/C11H9N.2ClH/c1-2-5-11-7-9-12-8-3-6-10(11)4-1;;/h1-9H;2*1H/b6-3-,8-3?,9-7-,10-6?,11-7?,12-8-,12-9?;;. The van der Waals surface area contributed by atoms with Crippen LogP contribution in [0.3, 0.4) is 0 Å². The smallest absolute Gasteiger partial charge is 0.0273 e. The van der Waals surface area contributed by atoms with E-state index in [0.29, 0.717) is 0 Å². The molecule has 0 spiro atoms. The third-order valence-corrected chi connectivity index (χ3v) is 1.78. The lowest BCUT2D eigenvalue weighted by atomic mass is 10.1. The number of fused-ring (bicyclic) bond motifs is 1. The Morgan fingerprint density at radius 3 is 2.21 bits per heavy atom. The van der Waals surface area contributed by atoms with Gasteiger partial charge < -0.3 is 0 Å². The summed E-state index contributed by atoms with van der Waals surface area (Å²) in [5.41, 5.74) is 2.45. The van der Waals surface area contributed by atoms with Gasteiger partial charge in [-0.2, -0.15) is 0 Å². The van der Waals surface area contributed by atoms with Crippen LogP contribution in [-0.2, 0) is 0 Å². The van der Waals surface area contributed by atoms with Crippen molar-refractivity contribution >= 4 is 43.2 Å². The van der Waals surface area contributed by atoms with Crippen molar-refractivity contribution in [2.45, 2.75) is 0 Å². The Kier molecular flexibility index (Phi) is 5.93. The molecule has 0 fully saturated rings. The predicted molar refractivity (Wildman–Crippen MR) is 67.5 cm³/mol. The Hall–Kier alpha value is -1.05. The van der Waals surface area contributed by atoms with Gasteiger partial charge in [0.15, 0.2) is 0 Å². The number of rotatable bonds is 0. The second-order valence-corrected chi connectivity index (χ2v) is 2.60. The molecule has 0 aromatic heterocycles. The number of hydrogen-bond donors (Lipinski definition) is 0. The molecule has 1 aliphatic rings. The van der Waals surface area contributed by atoms with E-state index in [-0.39, 0.29) is 24.8 Å². The molecule has 0 atom stereocenters. The Morgan fingerprint density at radius 2 is 1.50 bits per heavy atom. The molecular formula is C11H11Cl2N. The van der Waals surface area contributed by atoms with Crippen molar-refractivity contribution in [3.05, 3.63) is 47.7 Å². The molecule has 3 heteroatoms. The first-order valence-corrected chi connectivity index (χ1v) is 3.92. The fourth-order valence-corrected chi connectivity index (χ4v) is 1.18. The molecule has 0 N–H and O–H groups in total. The van der Waals surface area contributed by atoms with Crippen LogP contribution >= 0.6 is 24.8 Å². The van der Waals surface area contributed by atoms with Crippen LogP contribution in [0.25, 0.3) is 12.2 Å². The minimum absolute atomic E-state index is 0. The fraction of sp³-hybridized carbons (Fsp3) is 0. The van der Waals surface area contributed by atoms with Crippen molar-refractivity contribution in [2.24, 2.45) is 4.99 Å². The van der Waals surface area contributed by atoms with Crippen LogP contribution in [0, 0.1) is 0 Å². The Morgan fingerprint density at radius 1 is 0.857 bits per heavy atom. The van der Waals surface area contributed by atoms with E-state index in [1.807, 2.05) is 30.5 Å². The SMILES string of the molecule is C1=C/c2ccccc2\C=C/N=C\1.Cl.Cl. The van der Waals surface area contributed by atoms with Gasteiger partial charge in [-0.3, -0.25) is 4.99 Å². The fourth-order valence-electron chi connectivity index (χ4n) is 1.18. The lowest BCUT2D eigenvalue weighted by Gasteiger charge is -1.99. The van der Waals surface area contributed by atoms with Gasteiger partial charge in [-0.1, -0.05) is 30.3 Å². The van der Waals surface area contributed by atoms with E-state index >= 15 is 0 Å². The van der Waals surface area contributed by atoms with Crippen LogP contribution in [0.4, 0.5) is 0 Å². The maximum Gasteiger partial charge on any atom is 0.0273 e. The Bertz CT molecular complexity index is 332. The van der Waals surface area contributed by atoms with Gasteiger partial charge in [-0.05, 0) is 23.3 Å². The summed E-state index contributed by atoms with van der Waals surface area (Å²) in [6.07, 6.45) is 9.61. The summed E-state index contributed by atoms with van der Waals surface area (Å²) in [5, 5.41) is 0. The second-order valence-electron chi connectivity index (χ2n) is 2.60. The highest BCUT2D eigenvalue weighted by atomic mass is 35.5. The molecule has 0 aliphatic carbocycles. The molecule has 1 aliphatic heterocycles. The zero-order valence-electron chi connectivity index (χ0n) is 7.46. The third kappa shape index (κ3) is 3.02. The number of allylic oxidation sites excluding steroid dienone is 1. The maximum atomic E-state index is 4.04. The molecule has 0 amide bonds. The molecule has 1 nitrogen and oxygen atoms in total. The van der Waals surface area contributed by atoms with Crippen molar-refractivity contribution in [1.29, 1.82) is 0 Å². The van der Waals surface area contributed by atoms with E-state index in [9.17, 15) is 0 Å². The molecular weight excluding hydrogens is 217 g/mol. The van der Waals surface area contributed by atoms with Crippen molar-refractivity contribution in [2.75, 3.05) is 0 Å². The highest BCUT2D eigenvalue weighted by Crippen LogP contribution is 2.13. The summed E-state index contributed by atoms with van der Waals surface area (Å²) >= 11 is 0. The van der Waals surface area contributed by atoms with Gasteiger partial charge in [0, 0.05) is 12.4 Å². The molecule has 0 bridgehead atoms. The molecule has 1 aromatic carbocycles. The van der Waals surface area contributed by atoms with Crippen molar-refractivity contribution in [1.82, 2.24) is 0 Å². The molecule has 0 radical (unpaired) electrons. The van der Waals surface area contributed by atoms with E-state index in [2.05, 4.69) is 23.2 Å². The zero-order valence-corrected chi connectivity index (χ0v) is 9.09. The summed E-state index contributed by atoms with van der Waals surface area (Å²) in [6, 6.07) is 8.24. The summed E-state index contributed by atoms with van der Waals surface area (Å²) in [4.78, 5) is 4.04. The van der Waals surface area contributed by atoms with Gasteiger partial charge in [0.1, 0.15) is 0 Å². The molecule has 2 rings (SSSR count). The van der Waals surface area contributed by atoms with Gasteiger partial charge in [-0.25, -0.2) is 0 Å². The molecule has 0 saturated heterocycles. The minimum Gasteiger partial charge on any atom is -0.265 e. The predicted octanol–water partition coefficient (Wildman–Crippen LogP) is 3.60. The third-order valence-electron chi connectivity index (χ3n) is 1.78. The lowest BCUT2D eigenvalue weighted by Crippen LogP contribution is -1.80. The number of aliphatic imine (C=N–C) groups is 1. The van der Waals surface area contributed by atoms with Crippen LogP contribution in [0.15, 0.2) is 41.5 Å². The van der Waals surface area contributed by atoms with Gasteiger partial charge in [0.05, 0.1) is 0 Å². The van der Waals surface area contributed by atoms with Gasteiger partial charge in [0.2, 0.25) is 0 Å². The van der Waals surface area contributed by atoms with Crippen molar-refractivity contribution in [3.8, 4) is 0 Å². The van der Waals surface area contributed by atoms with Gasteiger partial charge in [0.25, 0.3) is 0 Å². The first-order chi connectivity index (χ1) is 5.97. The van der Waals surface area contributed by atoms with Gasteiger partial charge in [-0.15, -0.1) is 24.8 Å². The molecule has 0 unspecified atom stereocenters. The lowest BCUT2D eigenvalue weighted by molar-refractivity contribution is 1.56. The van der Waals surface area contributed by atoms with E-state index in [0.717, 1.165) is 0 Å². The molecule has 14 heavy (non-hydrogen) atoms. The first-order valence-electron chi connectivity index (χ1n) is 3.92. The number of halogens is 2. The van der Waals surface area contributed by atoms with Crippen LogP contribution in [-0.4, -0.2) is 6.21 Å². The quantitative estimate of drug-likeness (QED) is 0.643. The molecule has 1 aromatic rings. The van der Waals surface area contributed by atoms with Crippen LogP contribution in [0.5, 0.6) is 0 Å². The summed E-state index contributed by atoms with van der Waals surface area (Å²) in [5.74, 6) is 0. The summed E-state index contributed by atoms with van der Waals surface area (Å²) in [7, 11) is 0. The highest BCUT2D eigenvalue weighted by molar-refractivity contribution is 5.85. The monoisotopic (exact) mass is 227 g/mol. The average Bonchev–Trinajstić information content (AvgIpc) is 2.06. The van der Waals surface area contributed by atoms with E-state index in [1.165, 1.54) is 11.1 Å². The van der Waals surface area contributed by atoms with Gasteiger partial charge >= 0.3 is 0 Å². The van der Waals surface area contributed by atoms with E-state index in [4.69, 9.17) is 0 Å². The largest absolute Gasteiger partial charge is 0.265 e. The van der Waals surface area contributed by atoms with Crippen LogP contribution in [0.2, 0.25) is 0 Å². The maximum absolute atomic E-state index is 4.04. The van der Waals surface area contributed by atoms with E-state index < -0.39 is 0 Å². The number of benzene rings is 1. The highest BCUT2D eigenvalue weighted by Gasteiger charge is 1.93. The normalized spacial score (nSPS) is 18.6. The molecule has 0 saturated carbocycles. The molecule has 74 valence electrons. The first kappa shape index (κ1) is 12.9. The second kappa shape index (κ2) is 6.41. The number of hydrogen-bond acceptors (Lipinski definition) is 1. The summed E-state index contributed by atoms with van der Waals surface area (Å²) < 4.78 is 0. The molecule has 1 heterocycles. The number of nitrogens with zero attached hydrogens (tertiary/aromatic N) is 1. The Labute approximate surface area is 96.1 Å². The van der Waals surface area contributed by atoms with Crippen molar-refractivity contribution in [3.63, 3.8) is 0 Å². The summed E-state index contributed by atoms with van der Waals surface area (Å²) in [6.45, 7) is 0. The average molecular weight is 228 g/mol. The van der Waals surface area contributed by atoms with E-state index in [1.54, 1.807) is 6.21 Å². The topological polar surface area (TPSA) is 12.4 Å². The zero-order chi connectivity index (χ0) is 8.23.